The molecular weight excluding hydrogens is 386 g/mol. The van der Waals surface area contributed by atoms with Crippen LogP contribution in [0.2, 0.25) is 0 Å². The van der Waals surface area contributed by atoms with Crippen LogP contribution in [0.1, 0.15) is 19.8 Å². The molecule has 1 aromatic carbocycles. The van der Waals surface area contributed by atoms with Gasteiger partial charge in [-0.1, -0.05) is 47.5 Å². The van der Waals surface area contributed by atoms with Gasteiger partial charge < -0.3 is 5.11 Å². The van der Waals surface area contributed by atoms with Gasteiger partial charge in [0.1, 0.15) is 0 Å². The van der Waals surface area contributed by atoms with Crippen molar-refractivity contribution in [3.8, 4) is 0 Å². The van der Waals surface area contributed by atoms with Crippen LogP contribution in [0.25, 0.3) is 0 Å². The highest BCUT2D eigenvalue weighted by Crippen LogP contribution is 2.39. The molecule has 0 aliphatic carbocycles. The van der Waals surface area contributed by atoms with Crippen molar-refractivity contribution in [2.75, 3.05) is 4.90 Å². The van der Waals surface area contributed by atoms with Crippen molar-refractivity contribution in [3.05, 3.63) is 51.1 Å². The second kappa shape index (κ2) is 6.70. The largest absolute Gasteiger partial charge is 0.388 e. The van der Waals surface area contributed by atoms with Crippen molar-refractivity contribution in [2.24, 2.45) is 0 Å². The SMILES string of the molecule is CCCC(O)C1=C(Br)C(=CBr)N(c2ccccc2)C1=O. The first-order valence-electron chi connectivity index (χ1n) is 6.39. The number of allylic oxidation sites excluding steroid dienone is 1. The van der Waals surface area contributed by atoms with Crippen molar-refractivity contribution >= 4 is 43.5 Å². The Bertz CT molecular complexity index is 566. The summed E-state index contributed by atoms with van der Waals surface area (Å²) in [6, 6.07) is 9.39. The quantitative estimate of drug-likeness (QED) is 0.827. The number of hydrogen-bond acceptors (Lipinski definition) is 2. The van der Waals surface area contributed by atoms with Crippen LogP contribution in [0.3, 0.4) is 0 Å². The van der Waals surface area contributed by atoms with Gasteiger partial charge in [-0.15, -0.1) is 0 Å². The molecule has 1 unspecified atom stereocenters. The fraction of sp³-hybridized carbons (Fsp3) is 0.267. The Morgan fingerprint density at radius 3 is 2.55 bits per heavy atom. The lowest BCUT2D eigenvalue weighted by molar-refractivity contribution is -0.115. The number of aliphatic hydroxyl groups excluding tert-OH is 1. The molecule has 0 fully saturated rings. The molecule has 0 radical (unpaired) electrons. The summed E-state index contributed by atoms with van der Waals surface area (Å²) in [5.74, 6) is -0.185. The molecule has 1 aromatic rings. The summed E-state index contributed by atoms with van der Waals surface area (Å²) in [7, 11) is 0. The van der Waals surface area contributed by atoms with Gasteiger partial charge in [-0.05, 0) is 34.5 Å². The molecular formula is C15H15Br2NO2. The topological polar surface area (TPSA) is 40.5 Å². The molecule has 0 saturated carbocycles. The van der Waals surface area contributed by atoms with Crippen molar-refractivity contribution in [1.29, 1.82) is 0 Å². The van der Waals surface area contributed by atoms with Crippen LogP contribution in [-0.2, 0) is 4.79 Å². The van der Waals surface area contributed by atoms with Crippen LogP contribution in [0.15, 0.2) is 51.1 Å². The van der Waals surface area contributed by atoms with E-state index in [0.29, 0.717) is 22.2 Å². The number of carbonyl (C=O) groups is 1. The van der Waals surface area contributed by atoms with Crippen molar-refractivity contribution in [2.45, 2.75) is 25.9 Å². The van der Waals surface area contributed by atoms with Gasteiger partial charge in [-0.25, -0.2) is 0 Å². The lowest BCUT2D eigenvalue weighted by Gasteiger charge is -2.19. The average Bonchev–Trinajstić information content (AvgIpc) is 2.70. The number of aliphatic hydroxyl groups is 1. The van der Waals surface area contributed by atoms with E-state index in [1.165, 1.54) is 0 Å². The zero-order valence-electron chi connectivity index (χ0n) is 11.0. The number of para-hydroxylation sites is 1. The standard InChI is InChI=1S/C15H15Br2NO2/c1-2-6-12(19)13-14(17)11(9-16)18(15(13)20)10-7-4-3-5-8-10/h3-5,7-9,12,19H,2,6H2,1H3. The van der Waals surface area contributed by atoms with Crippen LogP contribution in [0, 0.1) is 0 Å². The molecule has 3 nitrogen and oxygen atoms in total. The minimum atomic E-state index is -0.752. The average molecular weight is 401 g/mol. The number of benzene rings is 1. The van der Waals surface area contributed by atoms with E-state index in [0.717, 1.165) is 12.1 Å². The zero-order chi connectivity index (χ0) is 14.7. The lowest BCUT2D eigenvalue weighted by atomic mass is 10.1. The number of amides is 1. The van der Waals surface area contributed by atoms with Crippen molar-refractivity contribution in [3.63, 3.8) is 0 Å². The summed E-state index contributed by atoms with van der Waals surface area (Å²) in [4.78, 5) is 15.9. The fourth-order valence-corrected chi connectivity index (χ4v) is 3.66. The predicted octanol–water partition coefficient (Wildman–Crippen LogP) is 4.08. The monoisotopic (exact) mass is 399 g/mol. The molecule has 1 heterocycles. The Kier molecular flexibility index (Phi) is 5.18. The minimum Gasteiger partial charge on any atom is -0.388 e. The fourth-order valence-electron chi connectivity index (χ4n) is 2.20. The summed E-state index contributed by atoms with van der Waals surface area (Å²) >= 11 is 6.73. The minimum absolute atomic E-state index is 0.185. The number of anilines is 1. The van der Waals surface area contributed by atoms with Crippen LogP contribution in [-0.4, -0.2) is 17.1 Å². The third-order valence-electron chi connectivity index (χ3n) is 3.15. The van der Waals surface area contributed by atoms with E-state index in [1.807, 2.05) is 37.3 Å². The number of carbonyl (C=O) groups excluding carboxylic acids is 1. The molecule has 0 aromatic heterocycles. The molecule has 0 saturated heterocycles. The number of nitrogens with zero attached hydrogens (tertiary/aromatic N) is 1. The van der Waals surface area contributed by atoms with E-state index in [-0.39, 0.29) is 5.91 Å². The maximum Gasteiger partial charge on any atom is 0.262 e. The van der Waals surface area contributed by atoms with E-state index in [9.17, 15) is 9.90 Å². The second-order valence-corrected chi connectivity index (χ2v) is 5.75. The predicted molar refractivity (Wildman–Crippen MR) is 87.8 cm³/mol. The van der Waals surface area contributed by atoms with Crippen LogP contribution >= 0.6 is 31.9 Å². The molecule has 1 aliphatic heterocycles. The Morgan fingerprint density at radius 1 is 1.35 bits per heavy atom. The molecule has 0 bridgehead atoms. The zero-order valence-corrected chi connectivity index (χ0v) is 14.2. The molecule has 20 heavy (non-hydrogen) atoms. The molecule has 1 aliphatic rings. The van der Waals surface area contributed by atoms with Gasteiger partial charge in [0.2, 0.25) is 0 Å². The maximum absolute atomic E-state index is 12.6. The lowest BCUT2D eigenvalue weighted by Crippen LogP contribution is -2.28. The van der Waals surface area contributed by atoms with Gasteiger partial charge in [0.25, 0.3) is 5.91 Å². The van der Waals surface area contributed by atoms with E-state index in [1.54, 1.807) is 9.89 Å². The molecule has 1 atom stereocenters. The van der Waals surface area contributed by atoms with Crippen LogP contribution in [0.5, 0.6) is 0 Å². The molecule has 1 amide bonds. The third-order valence-corrected chi connectivity index (χ3v) is 4.42. The normalized spacial score (nSPS) is 19.1. The smallest absolute Gasteiger partial charge is 0.262 e. The third kappa shape index (κ3) is 2.75. The van der Waals surface area contributed by atoms with Gasteiger partial charge in [-0.3, -0.25) is 9.69 Å². The summed E-state index contributed by atoms with van der Waals surface area (Å²) in [6.45, 7) is 1.98. The highest BCUT2D eigenvalue weighted by atomic mass is 79.9. The highest BCUT2D eigenvalue weighted by Gasteiger charge is 2.37. The second-order valence-electron chi connectivity index (χ2n) is 4.50. The Labute approximate surface area is 135 Å². The van der Waals surface area contributed by atoms with Gasteiger partial charge in [0.15, 0.2) is 0 Å². The maximum atomic E-state index is 12.6. The van der Waals surface area contributed by atoms with Gasteiger partial charge >= 0.3 is 0 Å². The number of halogens is 2. The molecule has 106 valence electrons. The molecule has 5 heteroatoms. The van der Waals surface area contributed by atoms with E-state index < -0.39 is 6.10 Å². The van der Waals surface area contributed by atoms with Gasteiger partial charge in [0.05, 0.1) is 21.9 Å². The van der Waals surface area contributed by atoms with Gasteiger partial charge in [-0.2, -0.15) is 0 Å². The molecule has 0 spiro atoms. The summed E-state index contributed by atoms with van der Waals surface area (Å²) < 4.78 is 0.643. The van der Waals surface area contributed by atoms with E-state index >= 15 is 0 Å². The van der Waals surface area contributed by atoms with Crippen LogP contribution < -0.4 is 4.90 Å². The first kappa shape index (κ1) is 15.5. The van der Waals surface area contributed by atoms with E-state index in [2.05, 4.69) is 31.9 Å². The highest BCUT2D eigenvalue weighted by molar-refractivity contribution is 9.12. The molecule has 1 N–H and O–H groups in total. The Balaban J connectivity index is 2.43. The number of rotatable bonds is 4. The Hall–Kier alpha value is -0.910. The summed E-state index contributed by atoms with van der Waals surface area (Å²) in [5.41, 5.74) is 1.90. The van der Waals surface area contributed by atoms with E-state index in [4.69, 9.17) is 0 Å². The van der Waals surface area contributed by atoms with Crippen molar-refractivity contribution in [1.82, 2.24) is 0 Å². The Morgan fingerprint density at radius 2 is 2.00 bits per heavy atom. The number of hydrogen-bond donors (Lipinski definition) is 1. The van der Waals surface area contributed by atoms with Crippen molar-refractivity contribution < 1.29 is 9.90 Å². The van der Waals surface area contributed by atoms with Crippen LogP contribution in [0.4, 0.5) is 5.69 Å². The summed E-state index contributed by atoms with van der Waals surface area (Å²) in [6.07, 6.45) is 0.628. The molecule has 2 rings (SSSR count). The first-order chi connectivity index (χ1) is 9.61. The first-order valence-corrected chi connectivity index (χ1v) is 8.10. The summed E-state index contributed by atoms with van der Waals surface area (Å²) in [5, 5.41) is 10.2. The van der Waals surface area contributed by atoms with Gasteiger partial charge in [0, 0.05) is 10.7 Å².